The minimum Gasteiger partial charge on any atom is -0.256 e. The van der Waals surface area contributed by atoms with Gasteiger partial charge in [0, 0.05) is 11.6 Å². The van der Waals surface area contributed by atoms with Gasteiger partial charge in [-0.1, -0.05) is 54.6 Å². The van der Waals surface area contributed by atoms with E-state index in [1.165, 1.54) is 38.8 Å². The minimum atomic E-state index is 1.05. The van der Waals surface area contributed by atoms with Gasteiger partial charge in [-0.15, -0.1) is 0 Å². The Morgan fingerprint density at radius 1 is 0.625 bits per heavy atom. The molecule has 0 fully saturated rings. The van der Waals surface area contributed by atoms with Crippen LogP contribution in [0.5, 0.6) is 0 Å². The third-order valence-corrected chi connectivity index (χ3v) is 4.59. The Morgan fingerprint density at radius 2 is 1.38 bits per heavy atom. The molecular weight excluding hydrogens is 290 g/mol. The van der Waals surface area contributed by atoms with Crippen LogP contribution in [-0.4, -0.2) is 4.98 Å². The standard InChI is InChI=1S/C23H19N/c1-16-8-6-7-11-20(16)21-14-19(18-9-4-3-5-10-18)15-22-23(21)17(2)12-13-24-22/h3-15H,1-2H3. The predicted molar refractivity (Wildman–Crippen MR) is 102 cm³/mol. The lowest BCUT2D eigenvalue weighted by Gasteiger charge is -2.14. The van der Waals surface area contributed by atoms with Crippen LogP contribution in [0.3, 0.4) is 0 Å². The lowest BCUT2D eigenvalue weighted by Crippen LogP contribution is -1.91. The van der Waals surface area contributed by atoms with Gasteiger partial charge in [-0.25, -0.2) is 0 Å². The average Bonchev–Trinajstić information content (AvgIpc) is 2.62. The fourth-order valence-corrected chi connectivity index (χ4v) is 3.34. The maximum atomic E-state index is 4.64. The lowest BCUT2D eigenvalue weighted by atomic mass is 9.91. The van der Waals surface area contributed by atoms with Gasteiger partial charge < -0.3 is 0 Å². The van der Waals surface area contributed by atoms with Crippen LogP contribution in [0.4, 0.5) is 0 Å². The Balaban J connectivity index is 2.09. The number of hydrogen-bond donors (Lipinski definition) is 0. The summed E-state index contributed by atoms with van der Waals surface area (Å²) in [6.45, 7) is 4.33. The second kappa shape index (κ2) is 5.93. The minimum absolute atomic E-state index is 1.05. The van der Waals surface area contributed by atoms with Crippen LogP contribution in [0.1, 0.15) is 11.1 Å². The monoisotopic (exact) mass is 309 g/mol. The van der Waals surface area contributed by atoms with Crippen LogP contribution in [-0.2, 0) is 0 Å². The number of aryl methyl sites for hydroxylation is 2. The predicted octanol–water partition coefficient (Wildman–Crippen LogP) is 6.19. The second-order valence-electron chi connectivity index (χ2n) is 6.23. The number of fused-ring (bicyclic) bond motifs is 1. The van der Waals surface area contributed by atoms with Gasteiger partial charge in [-0.05, 0) is 65.4 Å². The first-order chi connectivity index (χ1) is 11.7. The highest BCUT2D eigenvalue weighted by atomic mass is 14.6. The van der Waals surface area contributed by atoms with Crippen molar-refractivity contribution >= 4 is 10.9 Å². The zero-order valence-electron chi connectivity index (χ0n) is 14.0. The summed E-state index contributed by atoms with van der Waals surface area (Å²) in [6.07, 6.45) is 1.90. The van der Waals surface area contributed by atoms with Gasteiger partial charge in [0.25, 0.3) is 0 Å². The molecule has 1 aromatic heterocycles. The van der Waals surface area contributed by atoms with Gasteiger partial charge in [0.1, 0.15) is 0 Å². The summed E-state index contributed by atoms with van der Waals surface area (Å²) in [4.78, 5) is 4.64. The van der Waals surface area contributed by atoms with Gasteiger partial charge in [-0.2, -0.15) is 0 Å². The van der Waals surface area contributed by atoms with E-state index in [1.807, 2.05) is 6.20 Å². The molecule has 3 aromatic carbocycles. The molecule has 24 heavy (non-hydrogen) atoms. The molecule has 1 heterocycles. The van der Waals surface area contributed by atoms with Crippen molar-refractivity contribution in [3.05, 3.63) is 90.1 Å². The molecule has 0 bridgehead atoms. The molecule has 4 aromatic rings. The maximum absolute atomic E-state index is 4.64. The molecule has 0 unspecified atom stereocenters. The SMILES string of the molecule is Cc1ccccc1-c1cc(-c2ccccc2)cc2nccc(C)c12. The van der Waals surface area contributed by atoms with Crippen LogP contribution in [0.2, 0.25) is 0 Å². The number of pyridine rings is 1. The van der Waals surface area contributed by atoms with Crippen molar-refractivity contribution in [1.82, 2.24) is 4.98 Å². The van der Waals surface area contributed by atoms with E-state index in [-0.39, 0.29) is 0 Å². The Morgan fingerprint density at radius 3 is 2.17 bits per heavy atom. The average molecular weight is 309 g/mol. The Hall–Kier alpha value is -2.93. The highest BCUT2D eigenvalue weighted by Crippen LogP contribution is 2.36. The van der Waals surface area contributed by atoms with E-state index in [0.717, 1.165) is 5.52 Å². The molecule has 0 radical (unpaired) electrons. The molecule has 1 nitrogen and oxygen atoms in total. The van der Waals surface area contributed by atoms with E-state index in [2.05, 4.69) is 91.6 Å². The van der Waals surface area contributed by atoms with Crippen LogP contribution in [0.25, 0.3) is 33.2 Å². The van der Waals surface area contributed by atoms with E-state index in [1.54, 1.807) is 0 Å². The van der Waals surface area contributed by atoms with Crippen molar-refractivity contribution in [2.24, 2.45) is 0 Å². The van der Waals surface area contributed by atoms with Gasteiger partial charge in [0.2, 0.25) is 0 Å². The summed E-state index contributed by atoms with van der Waals surface area (Å²) in [5.74, 6) is 0. The first-order valence-corrected chi connectivity index (χ1v) is 8.25. The van der Waals surface area contributed by atoms with E-state index in [4.69, 9.17) is 0 Å². The Bertz CT molecular complexity index is 1020. The lowest BCUT2D eigenvalue weighted by molar-refractivity contribution is 1.36. The molecule has 0 aliphatic heterocycles. The molecule has 116 valence electrons. The summed E-state index contributed by atoms with van der Waals surface area (Å²) >= 11 is 0. The summed E-state index contributed by atoms with van der Waals surface area (Å²) in [7, 11) is 0. The number of aromatic nitrogens is 1. The Kier molecular flexibility index (Phi) is 3.62. The topological polar surface area (TPSA) is 12.9 Å². The molecule has 0 amide bonds. The van der Waals surface area contributed by atoms with Crippen LogP contribution >= 0.6 is 0 Å². The fourth-order valence-electron chi connectivity index (χ4n) is 3.34. The maximum Gasteiger partial charge on any atom is 0.0717 e. The van der Waals surface area contributed by atoms with Crippen molar-refractivity contribution in [3.63, 3.8) is 0 Å². The zero-order chi connectivity index (χ0) is 16.5. The van der Waals surface area contributed by atoms with Crippen LogP contribution in [0.15, 0.2) is 79.0 Å². The smallest absolute Gasteiger partial charge is 0.0717 e. The van der Waals surface area contributed by atoms with E-state index < -0.39 is 0 Å². The van der Waals surface area contributed by atoms with E-state index in [9.17, 15) is 0 Å². The first-order valence-electron chi connectivity index (χ1n) is 8.25. The Labute approximate surface area is 142 Å². The summed E-state index contributed by atoms with van der Waals surface area (Å²) < 4.78 is 0. The van der Waals surface area contributed by atoms with Crippen molar-refractivity contribution < 1.29 is 0 Å². The second-order valence-corrected chi connectivity index (χ2v) is 6.23. The van der Waals surface area contributed by atoms with Crippen molar-refractivity contribution in [3.8, 4) is 22.3 Å². The zero-order valence-corrected chi connectivity index (χ0v) is 14.0. The van der Waals surface area contributed by atoms with Crippen LogP contribution < -0.4 is 0 Å². The number of rotatable bonds is 2. The molecule has 4 rings (SSSR count). The van der Waals surface area contributed by atoms with Gasteiger partial charge in [0.15, 0.2) is 0 Å². The number of hydrogen-bond acceptors (Lipinski definition) is 1. The summed E-state index contributed by atoms with van der Waals surface area (Å²) in [5.41, 5.74) is 8.56. The summed E-state index contributed by atoms with van der Waals surface area (Å²) in [5, 5.41) is 1.24. The van der Waals surface area contributed by atoms with Crippen LogP contribution in [0, 0.1) is 13.8 Å². The third kappa shape index (κ3) is 2.48. The largest absolute Gasteiger partial charge is 0.256 e. The molecule has 0 aliphatic rings. The molecule has 0 saturated heterocycles. The molecule has 0 atom stereocenters. The molecule has 0 spiro atoms. The van der Waals surface area contributed by atoms with Gasteiger partial charge in [-0.3, -0.25) is 4.98 Å². The number of benzene rings is 3. The van der Waals surface area contributed by atoms with Crippen molar-refractivity contribution in [1.29, 1.82) is 0 Å². The fraction of sp³-hybridized carbons (Fsp3) is 0.0870. The third-order valence-electron chi connectivity index (χ3n) is 4.59. The normalized spacial score (nSPS) is 10.9. The molecular formula is C23H19N. The van der Waals surface area contributed by atoms with E-state index >= 15 is 0 Å². The van der Waals surface area contributed by atoms with Crippen molar-refractivity contribution in [2.45, 2.75) is 13.8 Å². The molecule has 1 heteroatoms. The highest BCUT2D eigenvalue weighted by molar-refractivity contribution is 6.00. The van der Waals surface area contributed by atoms with Gasteiger partial charge >= 0.3 is 0 Å². The highest BCUT2D eigenvalue weighted by Gasteiger charge is 2.12. The molecule has 0 N–H and O–H groups in total. The first kappa shape index (κ1) is 14.6. The van der Waals surface area contributed by atoms with Gasteiger partial charge in [0.05, 0.1) is 5.52 Å². The summed E-state index contributed by atoms with van der Waals surface area (Å²) in [6, 6.07) is 25.7. The number of nitrogens with zero attached hydrogens (tertiary/aromatic N) is 1. The quantitative estimate of drug-likeness (QED) is 0.430. The molecule has 0 saturated carbocycles. The van der Waals surface area contributed by atoms with Crippen molar-refractivity contribution in [2.75, 3.05) is 0 Å². The van der Waals surface area contributed by atoms with E-state index in [0.29, 0.717) is 0 Å². The molecule has 0 aliphatic carbocycles.